The van der Waals surface area contributed by atoms with Crippen molar-refractivity contribution in [2.75, 3.05) is 7.11 Å². The average Bonchev–Trinajstić information content (AvgIpc) is 3.22. The summed E-state index contributed by atoms with van der Waals surface area (Å²) in [5, 5.41) is 7.82. The van der Waals surface area contributed by atoms with Gasteiger partial charge in [0.05, 0.1) is 19.2 Å². The van der Waals surface area contributed by atoms with Crippen LogP contribution in [0.5, 0.6) is 5.75 Å². The Morgan fingerprint density at radius 1 is 1.21 bits per heavy atom. The molecule has 0 aliphatic rings. The predicted octanol–water partition coefficient (Wildman–Crippen LogP) is 2.59. The lowest BCUT2D eigenvalue weighted by Crippen LogP contribution is -2.22. The highest BCUT2D eigenvalue weighted by Gasteiger charge is 2.18. The van der Waals surface area contributed by atoms with Gasteiger partial charge in [0.15, 0.2) is 0 Å². The zero-order valence-electron chi connectivity index (χ0n) is 13.0. The van der Waals surface area contributed by atoms with Gasteiger partial charge in [-0.2, -0.15) is 0 Å². The fourth-order valence-corrected chi connectivity index (χ4v) is 4.34. The van der Waals surface area contributed by atoms with Crippen LogP contribution in [0.15, 0.2) is 45.0 Å². The van der Waals surface area contributed by atoms with E-state index in [1.807, 2.05) is 19.1 Å². The van der Waals surface area contributed by atoms with E-state index in [0.29, 0.717) is 11.3 Å². The molecule has 0 saturated heterocycles. The maximum absolute atomic E-state index is 12.2. The van der Waals surface area contributed by atoms with Gasteiger partial charge in [-0.25, -0.2) is 13.1 Å². The number of benzene rings is 1. The second kappa shape index (κ2) is 6.71. The molecule has 0 amide bonds. The number of nitrogens with zero attached hydrogens (tertiary/aromatic N) is 2. The molecule has 1 aromatic carbocycles. The molecule has 0 atom stereocenters. The molecule has 0 aliphatic carbocycles. The van der Waals surface area contributed by atoms with E-state index in [4.69, 9.17) is 9.15 Å². The minimum Gasteiger partial charge on any atom is -0.496 e. The van der Waals surface area contributed by atoms with Gasteiger partial charge in [0, 0.05) is 4.88 Å². The molecule has 24 heavy (non-hydrogen) atoms. The fraction of sp³-hybridized carbons (Fsp3) is 0.200. The number of aromatic nitrogens is 2. The zero-order valence-corrected chi connectivity index (χ0v) is 14.6. The van der Waals surface area contributed by atoms with Crippen molar-refractivity contribution in [1.82, 2.24) is 14.9 Å². The summed E-state index contributed by atoms with van der Waals surface area (Å²) in [7, 11) is -2.04. The van der Waals surface area contributed by atoms with Gasteiger partial charge in [-0.1, -0.05) is 12.1 Å². The molecule has 9 heteroatoms. The van der Waals surface area contributed by atoms with Crippen LogP contribution in [0.1, 0.15) is 10.8 Å². The third-order valence-electron chi connectivity index (χ3n) is 3.20. The van der Waals surface area contributed by atoms with Crippen LogP contribution in [0.2, 0.25) is 0 Å². The van der Waals surface area contributed by atoms with Gasteiger partial charge >= 0.3 is 0 Å². The molecule has 0 bridgehead atoms. The summed E-state index contributed by atoms with van der Waals surface area (Å²) in [5.41, 5.74) is 0.649. The average molecular weight is 365 g/mol. The van der Waals surface area contributed by atoms with Crippen molar-refractivity contribution < 1.29 is 17.6 Å². The molecule has 126 valence electrons. The van der Waals surface area contributed by atoms with Crippen molar-refractivity contribution in [3.63, 3.8) is 0 Å². The minimum atomic E-state index is -3.59. The number of nitrogens with one attached hydrogen (secondary N) is 1. The molecule has 0 radical (unpaired) electrons. The summed E-state index contributed by atoms with van der Waals surface area (Å²) in [6.45, 7) is 1.77. The van der Waals surface area contributed by atoms with Gasteiger partial charge in [-0.15, -0.1) is 21.5 Å². The molecule has 7 nitrogen and oxygen atoms in total. The molecular formula is C15H15N3O4S2. The summed E-state index contributed by atoms with van der Waals surface area (Å²) in [5.74, 6) is 1.05. The second-order valence-corrected chi connectivity index (χ2v) is 8.17. The first-order chi connectivity index (χ1) is 11.5. The third-order valence-corrected chi connectivity index (χ3v) is 6.09. The van der Waals surface area contributed by atoms with Gasteiger partial charge in [0.1, 0.15) is 9.96 Å². The number of ether oxygens (including phenoxy) is 1. The molecule has 0 saturated carbocycles. The Morgan fingerprint density at radius 3 is 2.71 bits per heavy atom. The van der Waals surface area contributed by atoms with Crippen LogP contribution in [-0.4, -0.2) is 25.7 Å². The van der Waals surface area contributed by atoms with Crippen LogP contribution < -0.4 is 9.46 Å². The predicted molar refractivity (Wildman–Crippen MR) is 89.4 cm³/mol. The highest BCUT2D eigenvalue weighted by molar-refractivity contribution is 7.91. The van der Waals surface area contributed by atoms with Crippen molar-refractivity contribution in [2.24, 2.45) is 0 Å². The van der Waals surface area contributed by atoms with Gasteiger partial charge in [-0.05, 0) is 31.2 Å². The van der Waals surface area contributed by atoms with E-state index < -0.39 is 10.0 Å². The first-order valence-corrected chi connectivity index (χ1v) is 9.31. The fourth-order valence-electron chi connectivity index (χ4n) is 2.04. The third kappa shape index (κ3) is 3.48. The van der Waals surface area contributed by atoms with E-state index in [1.165, 1.54) is 11.3 Å². The number of aryl methyl sites for hydroxylation is 1. The van der Waals surface area contributed by atoms with E-state index in [9.17, 15) is 8.42 Å². The van der Waals surface area contributed by atoms with Crippen molar-refractivity contribution >= 4 is 21.4 Å². The molecule has 2 heterocycles. The number of thiophene rings is 1. The van der Waals surface area contributed by atoms with E-state index in [2.05, 4.69) is 14.9 Å². The number of hydrogen-bond donors (Lipinski definition) is 1. The summed E-state index contributed by atoms with van der Waals surface area (Å²) < 4.78 is 37.8. The summed E-state index contributed by atoms with van der Waals surface area (Å²) in [4.78, 5) is 0.923. The molecular weight excluding hydrogens is 350 g/mol. The smallest absolute Gasteiger partial charge is 0.251 e. The van der Waals surface area contributed by atoms with E-state index in [0.717, 1.165) is 4.88 Å². The van der Waals surface area contributed by atoms with Crippen LogP contribution in [0, 0.1) is 6.92 Å². The number of para-hydroxylation sites is 1. The van der Waals surface area contributed by atoms with Gasteiger partial charge in [0.2, 0.25) is 5.89 Å². The summed E-state index contributed by atoms with van der Waals surface area (Å²) in [6.07, 6.45) is 0. The normalized spacial score (nSPS) is 11.6. The Hall–Kier alpha value is -2.23. The van der Waals surface area contributed by atoms with Crippen molar-refractivity contribution in [3.05, 3.63) is 47.2 Å². The quantitative estimate of drug-likeness (QED) is 0.721. The standard InChI is InChI=1S/C15H15N3O4S2/c1-10-7-8-14(23-10)24(19,20)16-9-13-17-18-15(22-13)11-5-3-4-6-12(11)21-2/h3-8,16H,9H2,1-2H3. The number of hydrogen-bond acceptors (Lipinski definition) is 7. The van der Waals surface area contributed by atoms with Crippen LogP contribution in [0.3, 0.4) is 0 Å². The lowest BCUT2D eigenvalue weighted by atomic mass is 10.2. The highest BCUT2D eigenvalue weighted by Crippen LogP contribution is 2.28. The lowest BCUT2D eigenvalue weighted by Gasteiger charge is -2.03. The Kier molecular flexibility index (Phi) is 4.65. The Balaban J connectivity index is 1.75. The maximum Gasteiger partial charge on any atom is 0.251 e. The van der Waals surface area contributed by atoms with Crippen LogP contribution >= 0.6 is 11.3 Å². The number of rotatable bonds is 6. The van der Waals surface area contributed by atoms with E-state index >= 15 is 0 Å². The number of methoxy groups -OCH3 is 1. The van der Waals surface area contributed by atoms with Crippen molar-refractivity contribution in [3.8, 4) is 17.2 Å². The summed E-state index contributed by atoms with van der Waals surface area (Å²) >= 11 is 1.20. The van der Waals surface area contributed by atoms with Crippen LogP contribution in [0.4, 0.5) is 0 Å². The van der Waals surface area contributed by atoms with Gasteiger partial charge in [-0.3, -0.25) is 0 Å². The Morgan fingerprint density at radius 2 is 2.00 bits per heavy atom. The SMILES string of the molecule is COc1ccccc1-c1nnc(CNS(=O)(=O)c2ccc(C)s2)o1. The molecule has 0 unspecified atom stereocenters. The Labute approximate surface area is 143 Å². The molecule has 2 aromatic heterocycles. The van der Waals surface area contributed by atoms with Gasteiger partial charge in [0.25, 0.3) is 15.9 Å². The van der Waals surface area contributed by atoms with Crippen LogP contribution in [-0.2, 0) is 16.6 Å². The largest absolute Gasteiger partial charge is 0.496 e. The highest BCUT2D eigenvalue weighted by atomic mass is 32.2. The topological polar surface area (TPSA) is 94.3 Å². The van der Waals surface area contributed by atoms with Crippen LogP contribution in [0.25, 0.3) is 11.5 Å². The molecule has 0 fully saturated rings. The maximum atomic E-state index is 12.2. The van der Waals surface area contributed by atoms with Crippen molar-refractivity contribution in [2.45, 2.75) is 17.7 Å². The minimum absolute atomic E-state index is 0.0819. The molecule has 3 aromatic rings. The first kappa shape index (κ1) is 16.6. The summed E-state index contributed by atoms with van der Waals surface area (Å²) in [6, 6.07) is 10.5. The molecule has 3 rings (SSSR count). The first-order valence-electron chi connectivity index (χ1n) is 7.01. The van der Waals surface area contributed by atoms with Gasteiger partial charge < -0.3 is 9.15 Å². The molecule has 0 aliphatic heterocycles. The monoisotopic (exact) mass is 365 g/mol. The van der Waals surface area contributed by atoms with Crippen molar-refractivity contribution in [1.29, 1.82) is 0 Å². The Bertz CT molecular complexity index is 947. The molecule has 0 spiro atoms. The van der Waals surface area contributed by atoms with E-state index in [1.54, 1.807) is 31.4 Å². The second-order valence-electron chi connectivity index (χ2n) is 4.89. The zero-order chi connectivity index (χ0) is 17.2. The molecule has 1 N–H and O–H groups in total. The lowest BCUT2D eigenvalue weighted by molar-refractivity contribution is 0.413. The number of sulfonamides is 1. The van der Waals surface area contributed by atoms with E-state index in [-0.39, 0.29) is 22.5 Å².